The zero-order valence-electron chi connectivity index (χ0n) is 16.4. The molecule has 5 nitrogen and oxygen atoms in total. The summed E-state index contributed by atoms with van der Waals surface area (Å²) in [6, 6.07) is 0. The first-order chi connectivity index (χ1) is 13.0. The van der Waals surface area contributed by atoms with E-state index < -0.39 is 0 Å². The van der Waals surface area contributed by atoms with E-state index in [0.717, 1.165) is 44.9 Å². The molecule has 1 aliphatic heterocycles. The van der Waals surface area contributed by atoms with Crippen LogP contribution in [0.4, 0.5) is 0 Å². The number of epoxide rings is 1. The molecule has 150 valence electrons. The quantitative estimate of drug-likeness (QED) is 0.415. The van der Waals surface area contributed by atoms with Crippen molar-refractivity contribution in [3.05, 3.63) is 12.2 Å². The molecule has 0 amide bonds. The molecule has 0 bridgehead atoms. The first kappa shape index (κ1) is 19.0. The van der Waals surface area contributed by atoms with Gasteiger partial charge in [-0.1, -0.05) is 19.4 Å². The molecule has 7 unspecified atom stereocenters. The Balaban J connectivity index is 1.25. The van der Waals surface area contributed by atoms with Gasteiger partial charge in [-0.15, -0.1) is 0 Å². The highest BCUT2D eigenvalue weighted by molar-refractivity contribution is 5.87. The van der Waals surface area contributed by atoms with Gasteiger partial charge in [0.15, 0.2) is 0 Å². The highest BCUT2D eigenvalue weighted by Gasteiger charge is 2.46. The van der Waals surface area contributed by atoms with E-state index in [1.807, 2.05) is 0 Å². The van der Waals surface area contributed by atoms with E-state index in [1.165, 1.54) is 12.8 Å². The second-order valence-corrected chi connectivity index (χ2v) is 9.09. The van der Waals surface area contributed by atoms with Crippen molar-refractivity contribution in [2.75, 3.05) is 6.61 Å². The van der Waals surface area contributed by atoms with Crippen LogP contribution in [0.5, 0.6) is 0 Å². The van der Waals surface area contributed by atoms with E-state index in [-0.39, 0.29) is 24.0 Å². The Morgan fingerprint density at radius 2 is 1.89 bits per heavy atom. The molecular formula is C22H32O5. The van der Waals surface area contributed by atoms with E-state index in [2.05, 4.69) is 6.58 Å². The van der Waals surface area contributed by atoms with Crippen LogP contribution < -0.4 is 0 Å². The van der Waals surface area contributed by atoms with Crippen LogP contribution in [0.3, 0.4) is 0 Å². The third-order valence-corrected chi connectivity index (χ3v) is 7.15. The van der Waals surface area contributed by atoms with E-state index in [0.29, 0.717) is 42.1 Å². The van der Waals surface area contributed by atoms with Gasteiger partial charge >= 0.3 is 11.9 Å². The molecule has 0 aromatic carbocycles. The van der Waals surface area contributed by atoms with E-state index >= 15 is 0 Å². The Morgan fingerprint density at radius 3 is 2.67 bits per heavy atom. The number of hydrogen-bond donors (Lipinski definition) is 0. The number of carbonyl (C=O) groups excluding carboxylic acids is 2. The molecule has 0 N–H and O–H groups in total. The molecule has 4 fully saturated rings. The summed E-state index contributed by atoms with van der Waals surface area (Å²) in [5.41, 5.74) is 0.469. The number of rotatable bonds is 5. The average molecular weight is 376 g/mol. The van der Waals surface area contributed by atoms with Crippen molar-refractivity contribution in [2.24, 2.45) is 23.7 Å². The van der Waals surface area contributed by atoms with Crippen LogP contribution >= 0.6 is 0 Å². The van der Waals surface area contributed by atoms with Gasteiger partial charge < -0.3 is 14.2 Å². The predicted octanol–water partition coefficient (Wildman–Crippen LogP) is 3.80. The minimum absolute atomic E-state index is 0.0184. The Bertz CT molecular complexity index is 600. The van der Waals surface area contributed by atoms with Crippen molar-refractivity contribution in [3.63, 3.8) is 0 Å². The van der Waals surface area contributed by atoms with Crippen LogP contribution in [-0.4, -0.2) is 36.9 Å². The van der Waals surface area contributed by atoms with Crippen LogP contribution in [0.15, 0.2) is 12.2 Å². The largest absolute Gasteiger partial charge is 0.465 e. The van der Waals surface area contributed by atoms with Crippen LogP contribution in [0.2, 0.25) is 0 Å². The Labute approximate surface area is 161 Å². The predicted molar refractivity (Wildman–Crippen MR) is 99.8 cm³/mol. The molecule has 0 aromatic heterocycles. The van der Waals surface area contributed by atoms with Crippen molar-refractivity contribution in [1.82, 2.24) is 0 Å². The van der Waals surface area contributed by atoms with E-state index in [9.17, 15) is 9.59 Å². The molecule has 3 aliphatic carbocycles. The van der Waals surface area contributed by atoms with Crippen molar-refractivity contribution in [3.8, 4) is 0 Å². The maximum atomic E-state index is 12.5. The topological polar surface area (TPSA) is 65.1 Å². The summed E-state index contributed by atoms with van der Waals surface area (Å²) in [6.07, 6.45) is 9.92. The first-order valence-corrected chi connectivity index (χ1v) is 10.7. The zero-order chi connectivity index (χ0) is 19.0. The molecule has 1 saturated heterocycles. The van der Waals surface area contributed by atoms with E-state index in [1.54, 1.807) is 6.92 Å². The maximum Gasteiger partial charge on any atom is 0.333 e. The van der Waals surface area contributed by atoms with Gasteiger partial charge in [0.1, 0.15) is 6.10 Å². The van der Waals surface area contributed by atoms with Crippen LogP contribution in [0.1, 0.15) is 64.7 Å². The summed E-state index contributed by atoms with van der Waals surface area (Å²) < 4.78 is 16.9. The molecular weight excluding hydrogens is 344 g/mol. The number of hydrogen-bond acceptors (Lipinski definition) is 5. The average Bonchev–Trinajstić information content (AvgIpc) is 3.44. The monoisotopic (exact) mass is 376 g/mol. The summed E-state index contributed by atoms with van der Waals surface area (Å²) in [5, 5.41) is 0. The van der Waals surface area contributed by atoms with Gasteiger partial charge in [-0.3, -0.25) is 4.79 Å². The van der Waals surface area contributed by atoms with Crippen LogP contribution in [-0.2, 0) is 23.8 Å². The van der Waals surface area contributed by atoms with Crippen molar-refractivity contribution in [1.29, 1.82) is 0 Å². The highest BCUT2D eigenvalue weighted by Crippen LogP contribution is 2.45. The fraction of sp³-hybridized carbons (Fsp3) is 0.818. The van der Waals surface area contributed by atoms with Gasteiger partial charge in [0, 0.05) is 5.57 Å². The number of fused-ring (bicyclic) bond motifs is 2. The molecule has 5 heteroatoms. The molecule has 0 radical (unpaired) electrons. The summed E-state index contributed by atoms with van der Waals surface area (Å²) >= 11 is 0. The third-order valence-electron chi connectivity index (χ3n) is 7.15. The summed E-state index contributed by atoms with van der Waals surface area (Å²) in [4.78, 5) is 24.3. The summed E-state index contributed by atoms with van der Waals surface area (Å²) in [5.74, 6) is 1.37. The minimum atomic E-state index is -0.269. The SMILES string of the molecule is C=C(C)C(=O)OC1CCC2C(COC(=O)C3CCC4OC4C3)CCCC2C1. The number of carbonyl (C=O) groups is 2. The normalized spacial score (nSPS) is 40.3. The lowest BCUT2D eigenvalue weighted by molar-refractivity contribution is -0.155. The fourth-order valence-corrected chi connectivity index (χ4v) is 5.54. The zero-order valence-corrected chi connectivity index (χ0v) is 16.4. The molecule has 4 rings (SSSR count). The minimum Gasteiger partial charge on any atom is -0.465 e. The molecule has 4 aliphatic rings. The Hall–Kier alpha value is -1.36. The second kappa shape index (κ2) is 7.94. The van der Waals surface area contributed by atoms with Gasteiger partial charge in [0.2, 0.25) is 0 Å². The van der Waals surface area contributed by atoms with Gasteiger partial charge in [0.25, 0.3) is 0 Å². The van der Waals surface area contributed by atoms with Crippen molar-refractivity contribution < 1.29 is 23.8 Å². The van der Waals surface area contributed by atoms with Gasteiger partial charge in [-0.2, -0.15) is 0 Å². The molecule has 7 atom stereocenters. The van der Waals surface area contributed by atoms with Gasteiger partial charge in [-0.05, 0) is 69.6 Å². The van der Waals surface area contributed by atoms with Crippen LogP contribution in [0, 0.1) is 23.7 Å². The van der Waals surface area contributed by atoms with E-state index in [4.69, 9.17) is 14.2 Å². The fourth-order valence-electron chi connectivity index (χ4n) is 5.54. The van der Waals surface area contributed by atoms with Crippen LogP contribution in [0.25, 0.3) is 0 Å². The molecule has 0 spiro atoms. The molecule has 0 aromatic rings. The Kier molecular flexibility index (Phi) is 5.58. The smallest absolute Gasteiger partial charge is 0.333 e. The summed E-state index contributed by atoms with van der Waals surface area (Å²) in [7, 11) is 0. The lowest BCUT2D eigenvalue weighted by Gasteiger charge is -2.43. The third kappa shape index (κ3) is 4.39. The van der Waals surface area contributed by atoms with Crippen molar-refractivity contribution >= 4 is 11.9 Å². The lowest BCUT2D eigenvalue weighted by Crippen LogP contribution is -2.39. The number of ether oxygens (including phenoxy) is 3. The molecule has 27 heavy (non-hydrogen) atoms. The lowest BCUT2D eigenvalue weighted by atomic mass is 9.65. The molecule has 1 heterocycles. The Morgan fingerprint density at radius 1 is 1.04 bits per heavy atom. The van der Waals surface area contributed by atoms with Crippen molar-refractivity contribution in [2.45, 2.75) is 83.0 Å². The summed E-state index contributed by atoms with van der Waals surface area (Å²) in [6.45, 7) is 5.92. The molecule has 3 saturated carbocycles. The maximum absolute atomic E-state index is 12.5. The first-order valence-electron chi connectivity index (χ1n) is 10.7. The number of esters is 2. The standard InChI is InChI=1S/C22H32O5/c1-13(2)21(23)26-17-7-8-18-14(10-17)4-3-5-16(18)12-25-22(24)15-6-9-19-20(11-15)27-19/h14-20H,1,3-12H2,2H3. The second-order valence-electron chi connectivity index (χ2n) is 9.09. The highest BCUT2D eigenvalue weighted by atomic mass is 16.6. The van der Waals surface area contributed by atoms with Gasteiger partial charge in [-0.25, -0.2) is 4.79 Å². The van der Waals surface area contributed by atoms with Gasteiger partial charge in [0.05, 0.1) is 24.7 Å².